The van der Waals surface area contributed by atoms with Gasteiger partial charge in [0.15, 0.2) is 0 Å². The fourth-order valence-corrected chi connectivity index (χ4v) is 3.66. The molecule has 7 nitrogen and oxygen atoms in total. The van der Waals surface area contributed by atoms with Crippen LogP contribution in [0.4, 0.5) is 11.5 Å². The van der Waals surface area contributed by atoms with Crippen LogP contribution in [0, 0.1) is 21.4 Å². The molecule has 0 saturated carbocycles. The van der Waals surface area contributed by atoms with Crippen LogP contribution in [0.3, 0.4) is 0 Å². The third kappa shape index (κ3) is 4.23. The van der Waals surface area contributed by atoms with E-state index >= 15 is 0 Å². The van der Waals surface area contributed by atoms with Gasteiger partial charge in [0, 0.05) is 38.4 Å². The number of hydrogen-bond donors (Lipinski definition) is 0. The molecule has 1 atom stereocenters. The Morgan fingerprint density at radius 2 is 2.07 bits per heavy atom. The van der Waals surface area contributed by atoms with Crippen molar-refractivity contribution in [3.05, 3.63) is 63.8 Å². The summed E-state index contributed by atoms with van der Waals surface area (Å²) in [5.74, 6) is 0.305. The van der Waals surface area contributed by atoms with Crippen LogP contribution in [0.15, 0.2) is 42.6 Å². The SMILES string of the molecule is CCCC1CN(c2nccc(C#N)c2[N+](=O)[O-])CCN1Cc1ccccc1. The number of nitro groups is 1. The average Bonchev–Trinajstić information content (AvgIpc) is 2.69. The minimum atomic E-state index is -0.494. The molecule has 1 saturated heterocycles. The molecule has 1 unspecified atom stereocenters. The second-order valence-corrected chi connectivity index (χ2v) is 6.74. The summed E-state index contributed by atoms with van der Waals surface area (Å²) in [6.45, 7) is 5.14. The van der Waals surface area contributed by atoms with E-state index in [0.717, 1.165) is 25.9 Å². The summed E-state index contributed by atoms with van der Waals surface area (Å²) in [6, 6.07) is 13.9. The van der Waals surface area contributed by atoms with Crippen molar-refractivity contribution in [1.29, 1.82) is 5.26 Å². The molecule has 1 aliphatic heterocycles. The number of hydrogen-bond acceptors (Lipinski definition) is 6. The Bertz CT molecular complexity index is 834. The number of nitriles is 1. The van der Waals surface area contributed by atoms with E-state index < -0.39 is 4.92 Å². The Morgan fingerprint density at radius 3 is 2.74 bits per heavy atom. The van der Waals surface area contributed by atoms with Gasteiger partial charge >= 0.3 is 5.69 Å². The monoisotopic (exact) mass is 365 g/mol. The molecule has 7 heteroatoms. The highest BCUT2D eigenvalue weighted by Gasteiger charge is 2.32. The quantitative estimate of drug-likeness (QED) is 0.576. The Morgan fingerprint density at radius 1 is 1.30 bits per heavy atom. The fourth-order valence-electron chi connectivity index (χ4n) is 3.66. The number of pyridine rings is 1. The molecule has 0 amide bonds. The Kier molecular flexibility index (Phi) is 5.99. The van der Waals surface area contributed by atoms with Gasteiger partial charge in [-0.25, -0.2) is 4.98 Å². The molecule has 1 aromatic carbocycles. The largest absolute Gasteiger partial charge is 0.348 e. The van der Waals surface area contributed by atoms with Crippen LogP contribution in [0.5, 0.6) is 0 Å². The molecule has 2 heterocycles. The van der Waals surface area contributed by atoms with Crippen molar-refractivity contribution < 1.29 is 4.92 Å². The number of rotatable bonds is 6. The first kappa shape index (κ1) is 18.8. The molecule has 0 N–H and O–H groups in total. The topological polar surface area (TPSA) is 86.3 Å². The Labute approximate surface area is 159 Å². The van der Waals surface area contributed by atoms with E-state index in [9.17, 15) is 15.4 Å². The fraction of sp³-hybridized carbons (Fsp3) is 0.400. The van der Waals surface area contributed by atoms with E-state index in [0.29, 0.717) is 18.9 Å². The molecule has 2 aromatic rings. The molecule has 27 heavy (non-hydrogen) atoms. The van der Waals surface area contributed by atoms with Crippen LogP contribution in [-0.4, -0.2) is 40.5 Å². The van der Waals surface area contributed by atoms with E-state index in [1.54, 1.807) is 0 Å². The summed E-state index contributed by atoms with van der Waals surface area (Å²) >= 11 is 0. The van der Waals surface area contributed by atoms with E-state index in [4.69, 9.17) is 0 Å². The van der Waals surface area contributed by atoms with Gasteiger partial charge in [-0.2, -0.15) is 5.26 Å². The number of anilines is 1. The van der Waals surface area contributed by atoms with E-state index in [-0.39, 0.29) is 17.3 Å². The predicted molar refractivity (Wildman–Crippen MR) is 103 cm³/mol. The summed E-state index contributed by atoms with van der Waals surface area (Å²) < 4.78 is 0. The van der Waals surface area contributed by atoms with Gasteiger partial charge < -0.3 is 4.90 Å². The molecule has 1 aromatic heterocycles. The standard InChI is InChI=1S/C20H23N5O2/c1-2-6-18-15-24(12-11-23(18)14-16-7-4-3-5-8-16)20-19(25(26)27)17(13-21)9-10-22-20/h3-5,7-10,18H,2,6,11-12,14-15H2,1H3. The van der Waals surface area contributed by atoms with Crippen molar-refractivity contribution in [2.75, 3.05) is 24.5 Å². The second-order valence-electron chi connectivity index (χ2n) is 6.74. The van der Waals surface area contributed by atoms with E-state index in [2.05, 4.69) is 28.9 Å². The summed E-state index contributed by atoms with van der Waals surface area (Å²) in [4.78, 5) is 19.7. The highest BCUT2D eigenvalue weighted by molar-refractivity contribution is 5.65. The number of piperazine rings is 1. The van der Waals surface area contributed by atoms with Crippen molar-refractivity contribution in [3.63, 3.8) is 0 Å². The van der Waals surface area contributed by atoms with Gasteiger partial charge in [-0.15, -0.1) is 0 Å². The van der Waals surface area contributed by atoms with E-state index in [1.807, 2.05) is 29.2 Å². The summed E-state index contributed by atoms with van der Waals surface area (Å²) in [6.07, 6.45) is 3.53. The van der Waals surface area contributed by atoms with Crippen LogP contribution in [-0.2, 0) is 6.54 Å². The van der Waals surface area contributed by atoms with Crippen LogP contribution < -0.4 is 4.90 Å². The van der Waals surface area contributed by atoms with Crippen LogP contribution in [0.25, 0.3) is 0 Å². The zero-order valence-corrected chi connectivity index (χ0v) is 15.4. The summed E-state index contributed by atoms with van der Waals surface area (Å²) in [5, 5.41) is 20.8. The van der Waals surface area contributed by atoms with Gasteiger partial charge in [0.25, 0.3) is 0 Å². The van der Waals surface area contributed by atoms with Crippen molar-refractivity contribution in [1.82, 2.24) is 9.88 Å². The molecule has 0 aliphatic carbocycles. The maximum absolute atomic E-state index is 11.5. The lowest BCUT2D eigenvalue weighted by Crippen LogP contribution is -2.53. The number of aromatic nitrogens is 1. The average molecular weight is 365 g/mol. The first-order valence-electron chi connectivity index (χ1n) is 9.20. The first-order valence-corrected chi connectivity index (χ1v) is 9.20. The smallest absolute Gasteiger partial charge is 0.329 e. The minimum absolute atomic E-state index is 0.0590. The maximum Gasteiger partial charge on any atom is 0.329 e. The lowest BCUT2D eigenvalue weighted by atomic mass is 10.0. The lowest BCUT2D eigenvalue weighted by Gasteiger charge is -2.42. The van der Waals surface area contributed by atoms with Gasteiger partial charge in [0.2, 0.25) is 5.82 Å². The number of nitrogens with zero attached hydrogens (tertiary/aromatic N) is 5. The predicted octanol–water partition coefficient (Wildman–Crippen LogP) is 3.35. The molecule has 3 rings (SSSR count). The highest BCUT2D eigenvalue weighted by Crippen LogP contribution is 2.31. The molecule has 1 aliphatic rings. The molecular weight excluding hydrogens is 342 g/mol. The maximum atomic E-state index is 11.5. The van der Waals surface area contributed by atoms with Crippen LogP contribution >= 0.6 is 0 Å². The first-order chi connectivity index (χ1) is 13.1. The minimum Gasteiger partial charge on any atom is -0.348 e. The van der Waals surface area contributed by atoms with Crippen LogP contribution in [0.2, 0.25) is 0 Å². The summed E-state index contributed by atoms with van der Waals surface area (Å²) in [5.41, 5.74) is 1.14. The Hall–Kier alpha value is -2.98. The molecule has 0 spiro atoms. The summed E-state index contributed by atoms with van der Waals surface area (Å²) in [7, 11) is 0. The zero-order chi connectivity index (χ0) is 19.2. The van der Waals surface area contributed by atoms with Gasteiger partial charge in [-0.1, -0.05) is 43.7 Å². The van der Waals surface area contributed by atoms with Gasteiger partial charge in [0.05, 0.1) is 4.92 Å². The molecule has 0 bridgehead atoms. The molecule has 140 valence electrons. The van der Waals surface area contributed by atoms with Crippen molar-refractivity contribution in [2.45, 2.75) is 32.4 Å². The highest BCUT2D eigenvalue weighted by atomic mass is 16.6. The van der Waals surface area contributed by atoms with Crippen LogP contribution in [0.1, 0.15) is 30.9 Å². The third-order valence-corrected chi connectivity index (χ3v) is 4.96. The van der Waals surface area contributed by atoms with Crippen molar-refractivity contribution >= 4 is 11.5 Å². The number of benzene rings is 1. The molecule has 1 fully saturated rings. The van der Waals surface area contributed by atoms with Gasteiger partial charge in [0.1, 0.15) is 11.6 Å². The zero-order valence-electron chi connectivity index (χ0n) is 15.4. The Balaban J connectivity index is 1.83. The molecule has 0 radical (unpaired) electrons. The molecular formula is C20H23N5O2. The third-order valence-electron chi connectivity index (χ3n) is 4.96. The lowest BCUT2D eigenvalue weighted by molar-refractivity contribution is -0.384. The van der Waals surface area contributed by atoms with Crippen molar-refractivity contribution in [3.8, 4) is 6.07 Å². The van der Waals surface area contributed by atoms with E-state index in [1.165, 1.54) is 17.8 Å². The second kappa shape index (κ2) is 8.60. The van der Waals surface area contributed by atoms with Gasteiger partial charge in [-0.3, -0.25) is 15.0 Å². The normalized spacial score (nSPS) is 17.5. The van der Waals surface area contributed by atoms with Gasteiger partial charge in [-0.05, 0) is 18.1 Å². The van der Waals surface area contributed by atoms with Crippen molar-refractivity contribution in [2.24, 2.45) is 0 Å².